The van der Waals surface area contributed by atoms with Crippen molar-refractivity contribution in [2.75, 3.05) is 7.11 Å². The van der Waals surface area contributed by atoms with Crippen LogP contribution in [0.2, 0.25) is 0 Å². The predicted molar refractivity (Wildman–Crippen MR) is 76.6 cm³/mol. The summed E-state index contributed by atoms with van der Waals surface area (Å²) in [6, 6.07) is 4.97. The summed E-state index contributed by atoms with van der Waals surface area (Å²) in [4.78, 5) is 11.3. The number of carboxylic acid groups (broad SMARTS) is 1. The Balaban J connectivity index is 2.21. The first-order chi connectivity index (χ1) is 9.65. The minimum Gasteiger partial charge on any atom is -0.493 e. The van der Waals surface area contributed by atoms with E-state index in [-0.39, 0.29) is 11.7 Å². The molecule has 20 heavy (non-hydrogen) atoms. The summed E-state index contributed by atoms with van der Waals surface area (Å²) in [5.41, 5.74) is 0.169. The molecular weight excluding hydrogens is 256 g/mol. The molecule has 1 N–H and O–H groups in total. The van der Waals surface area contributed by atoms with Crippen LogP contribution < -0.4 is 9.47 Å². The van der Waals surface area contributed by atoms with E-state index >= 15 is 0 Å². The minimum absolute atomic E-state index is 0.0862. The number of aromatic carboxylic acids is 1. The Hall–Kier alpha value is -1.71. The highest BCUT2D eigenvalue weighted by Crippen LogP contribution is 2.36. The van der Waals surface area contributed by atoms with Crippen molar-refractivity contribution < 1.29 is 19.4 Å². The van der Waals surface area contributed by atoms with E-state index in [1.165, 1.54) is 13.5 Å². The maximum Gasteiger partial charge on any atom is 0.339 e. The largest absolute Gasteiger partial charge is 0.493 e. The van der Waals surface area contributed by atoms with Crippen LogP contribution in [0.3, 0.4) is 0 Å². The van der Waals surface area contributed by atoms with Crippen LogP contribution in [0.4, 0.5) is 0 Å². The topological polar surface area (TPSA) is 55.8 Å². The van der Waals surface area contributed by atoms with E-state index in [9.17, 15) is 9.90 Å². The first kappa shape index (κ1) is 14.7. The third-order valence-electron chi connectivity index (χ3n) is 4.03. The maximum absolute atomic E-state index is 11.3. The van der Waals surface area contributed by atoms with E-state index < -0.39 is 5.97 Å². The van der Waals surface area contributed by atoms with Gasteiger partial charge in [-0.05, 0) is 37.3 Å². The highest BCUT2D eigenvalue weighted by atomic mass is 16.5. The number of methoxy groups -OCH3 is 1. The lowest BCUT2D eigenvalue weighted by Gasteiger charge is -2.29. The van der Waals surface area contributed by atoms with Crippen LogP contribution in [0.5, 0.6) is 11.5 Å². The monoisotopic (exact) mass is 278 g/mol. The molecule has 0 aliphatic heterocycles. The van der Waals surface area contributed by atoms with Gasteiger partial charge in [0.2, 0.25) is 0 Å². The normalized spacial score (nSPS) is 22.3. The lowest BCUT2D eigenvalue weighted by atomic mass is 9.85. The maximum atomic E-state index is 11.3. The smallest absolute Gasteiger partial charge is 0.339 e. The second-order valence-corrected chi connectivity index (χ2v) is 5.32. The van der Waals surface area contributed by atoms with Crippen molar-refractivity contribution in [1.29, 1.82) is 0 Å². The molecule has 1 aromatic carbocycles. The van der Waals surface area contributed by atoms with Crippen LogP contribution in [0.15, 0.2) is 18.2 Å². The average molecular weight is 278 g/mol. The van der Waals surface area contributed by atoms with Gasteiger partial charge in [-0.25, -0.2) is 4.79 Å². The molecule has 2 rings (SSSR count). The summed E-state index contributed by atoms with van der Waals surface area (Å²) < 4.78 is 11.2. The molecule has 4 nitrogen and oxygen atoms in total. The van der Waals surface area contributed by atoms with Gasteiger partial charge in [0, 0.05) is 0 Å². The van der Waals surface area contributed by atoms with Crippen molar-refractivity contribution in [3.8, 4) is 11.5 Å². The first-order valence-corrected chi connectivity index (χ1v) is 7.22. The molecule has 1 aliphatic rings. The van der Waals surface area contributed by atoms with Gasteiger partial charge in [0.25, 0.3) is 0 Å². The van der Waals surface area contributed by atoms with E-state index in [0.717, 1.165) is 25.7 Å². The van der Waals surface area contributed by atoms with E-state index in [4.69, 9.17) is 9.47 Å². The van der Waals surface area contributed by atoms with Crippen molar-refractivity contribution in [3.63, 3.8) is 0 Å². The van der Waals surface area contributed by atoms with Gasteiger partial charge in [-0.3, -0.25) is 0 Å². The number of ether oxygens (including phenoxy) is 2. The van der Waals surface area contributed by atoms with Gasteiger partial charge in [-0.1, -0.05) is 25.8 Å². The van der Waals surface area contributed by atoms with Gasteiger partial charge >= 0.3 is 5.97 Å². The molecule has 1 fully saturated rings. The summed E-state index contributed by atoms with van der Waals surface area (Å²) in [5.74, 6) is 0.547. The second-order valence-electron chi connectivity index (χ2n) is 5.32. The number of hydrogen-bond acceptors (Lipinski definition) is 3. The summed E-state index contributed by atoms with van der Waals surface area (Å²) in [5, 5.41) is 9.28. The van der Waals surface area contributed by atoms with E-state index in [0.29, 0.717) is 17.4 Å². The van der Waals surface area contributed by atoms with Crippen LogP contribution in [0.25, 0.3) is 0 Å². The molecule has 0 bridgehead atoms. The molecule has 0 saturated heterocycles. The molecule has 1 saturated carbocycles. The fourth-order valence-electron chi connectivity index (χ4n) is 2.85. The summed E-state index contributed by atoms with van der Waals surface area (Å²) in [6.45, 7) is 2.19. The fourth-order valence-corrected chi connectivity index (χ4v) is 2.85. The zero-order valence-corrected chi connectivity index (χ0v) is 12.1. The Labute approximate surface area is 119 Å². The van der Waals surface area contributed by atoms with Crippen LogP contribution in [0.1, 0.15) is 49.4 Å². The Morgan fingerprint density at radius 3 is 2.85 bits per heavy atom. The molecule has 110 valence electrons. The Morgan fingerprint density at radius 2 is 2.20 bits per heavy atom. The third kappa shape index (κ3) is 3.24. The third-order valence-corrected chi connectivity index (χ3v) is 4.03. The van der Waals surface area contributed by atoms with Crippen molar-refractivity contribution in [2.45, 2.75) is 45.1 Å². The Morgan fingerprint density at radius 1 is 1.40 bits per heavy atom. The number of carboxylic acids is 1. The standard InChI is InChI=1S/C16H22O4/c1-3-11-6-4-7-12(10-11)20-15-13(16(17)18)8-5-9-14(15)19-2/h5,8-9,11-12H,3-4,6-7,10H2,1-2H3,(H,17,18). The molecule has 0 aromatic heterocycles. The van der Waals surface area contributed by atoms with Crippen LogP contribution in [0, 0.1) is 5.92 Å². The van der Waals surface area contributed by atoms with Crippen LogP contribution in [-0.2, 0) is 0 Å². The van der Waals surface area contributed by atoms with Gasteiger partial charge in [-0.2, -0.15) is 0 Å². The van der Waals surface area contributed by atoms with E-state index in [2.05, 4.69) is 6.92 Å². The molecule has 0 heterocycles. The SMILES string of the molecule is CCC1CCCC(Oc2c(OC)cccc2C(=O)O)C1. The highest BCUT2D eigenvalue weighted by molar-refractivity contribution is 5.92. The molecule has 0 amide bonds. The number of para-hydroxylation sites is 1. The minimum atomic E-state index is -0.984. The van der Waals surface area contributed by atoms with Gasteiger partial charge in [0.1, 0.15) is 5.56 Å². The zero-order chi connectivity index (χ0) is 14.5. The first-order valence-electron chi connectivity index (χ1n) is 7.22. The van der Waals surface area contributed by atoms with Gasteiger partial charge in [0.05, 0.1) is 13.2 Å². The molecule has 2 atom stereocenters. The highest BCUT2D eigenvalue weighted by Gasteiger charge is 2.25. The fraction of sp³-hybridized carbons (Fsp3) is 0.562. The summed E-state index contributed by atoms with van der Waals surface area (Å²) in [6.07, 6.45) is 5.59. The number of rotatable bonds is 5. The molecule has 2 unspecified atom stereocenters. The number of benzene rings is 1. The zero-order valence-electron chi connectivity index (χ0n) is 12.1. The van der Waals surface area contributed by atoms with Crippen molar-refractivity contribution in [3.05, 3.63) is 23.8 Å². The second kappa shape index (κ2) is 6.64. The van der Waals surface area contributed by atoms with Crippen LogP contribution >= 0.6 is 0 Å². The average Bonchev–Trinajstić information content (AvgIpc) is 2.47. The molecule has 0 radical (unpaired) electrons. The van der Waals surface area contributed by atoms with E-state index in [1.54, 1.807) is 18.2 Å². The summed E-state index contributed by atoms with van der Waals surface area (Å²) >= 11 is 0. The molecule has 1 aromatic rings. The lowest BCUT2D eigenvalue weighted by molar-refractivity contribution is 0.0679. The number of hydrogen-bond donors (Lipinski definition) is 1. The van der Waals surface area contributed by atoms with Crippen LogP contribution in [-0.4, -0.2) is 24.3 Å². The lowest BCUT2D eigenvalue weighted by Crippen LogP contribution is -2.26. The Bertz CT molecular complexity index is 470. The van der Waals surface area contributed by atoms with Gasteiger partial charge in [-0.15, -0.1) is 0 Å². The predicted octanol–water partition coefficient (Wildman–Crippen LogP) is 3.74. The van der Waals surface area contributed by atoms with Crippen molar-refractivity contribution in [1.82, 2.24) is 0 Å². The van der Waals surface area contributed by atoms with E-state index in [1.807, 2.05) is 0 Å². The summed E-state index contributed by atoms with van der Waals surface area (Å²) in [7, 11) is 1.53. The Kier molecular flexibility index (Phi) is 4.88. The molecule has 4 heteroatoms. The van der Waals surface area contributed by atoms with Gasteiger partial charge in [0.15, 0.2) is 11.5 Å². The molecular formula is C16H22O4. The van der Waals surface area contributed by atoms with Crippen molar-refractivity contribution in [2.24, 2.45) is 5.92 Å². The van der Waals surface area contributed by atoms with Gasteiger partial charge < -0.3 is 14.6 Å². The quantitative estimate of drug-likeness (QED) is 0.891. The number of carbonyl (C=O) groups is 1. The molecule has 1 aliphatic carbocycles. The van der Waals surface area contributed by atoms with Crippen molar-refractivity contribution >= 4 is 5.97 Å². The molecule has 0 spiro atoms.